The summed E-state index contributed by atoms with van der Waals surface area (Å²) in [6.45, 7) is 1.53. The zero-order valence-electron chi connectivity index (χ0n) is 13.9. The lowest BCUT2D eigenvalue weighted by Gasteiger charge is -2.40. The fourth-order valence-electron chi connectivity index (χ4n) is 3.76. The van der Waals surface area contributed by atoms with Crippen LogP contribution in [0.25, 0.3) is 10.9 Å². The van der Waals surface area contributed by atoms with Gasteiger partial charge in [0.2, 0.25) is 0 Å². The van der Waals surface area contributed by atoms with Crippen molar-refractivity contribution < 1.29 is 13.9 Å². The minimum atomic E-state index is -0.427. The predicted molar refractivity (Wildman–Crippen MR) is 89.9 cm³/mol. The van der Waals surface area contributed by atoms with E-state index in [-0.39, 0.29) is 29.3 Å². The Hall–Kier alpha value is -2.87. The Morgan fingerprint density at radius 3 is 3.12 bits per heavy atom. The summed E-state index contributed by atoms with van der Waals surface area (Å²) < 4.78 is 21.7. The second-order valence-corrected chi connectivity index (χ2v) is 6.63. The summed E-state index contributed by atoms with van der Waals surface area (Å²) in [5.74, 6) is -0.635. The van der Waals surface area contributed by atoms with Crippen LogP contribution in [0.3, 0.4) is 0 Å². The number of carbonyl (C=O) groups is 1. The molecule has 26 heavy (non-hydrogen) atoms. The van der Waals surface area contributed by atoms with E-state index < -0.39 is 5.82 Å². The van der Waals surface area contributed by atoms with Gasteiger partial charge in [0, 0.05) is 18.5 Å². The number of piperidine rings is 1. The molecule has 0 bridgehead atoms. The number of likely N-dealkylation sites (tertiary alicyclic amines) is 1. The monoisotopic (exact) mass is 353 g/mol. The Bertz CT molecular complexity index is 1000. The third kappa shape index (κ3) is 2.37. The summed E-state index contributed by atoms with van der Waals surface area (Å²) in [5, 5.41) is 8.76. The number of carbonyl (C=O) groups excluding carboxylic acids is 1. The number of aromatic nitrogens is 4. The molecule has 7 nitrogen and oxygen atoms in total. The number of hydrogen-bond acceptors (Lipinski definition) is 5. The zero-order chi connectivity index (χ0) is 17.7. The molecular formula is C18H16FN5O2. The molecule has 8 heteroatoms. The van der Waals surface area contributed by atoms with Crippen molar-refractivity contribution in [2.45, 2.75) is 25.2 Å². The van der Waals surface area contributed by atoms with Gasteiger partial charge in [-0.15, -0.1) is 5.10 Å². The third-order valence-corrected chi connectivity index (χ3v) is 5.11. The summed E-state index contributed by atoms with van der Waals surface area (Å²) in [5.41, 5.74) is 1.37. The smallest absolute Gasteiger partial charge is 0.272 e. The Morgan fingerprint density at radius 1 is 1.27 bits per heavy atom. The number of nitrogens with zero attached hydrogens (tertiary/aromatic N) is 5. The van der Waals surface area contributed by atoms with Crippen LogP contribution in [-0.4, -0.2) is 50.0 Å². The standard InChI is InChI=1S/C18H16FN5O2/c19-13-3-1-2-11-4-5-14(21-17(11)13)18(25)23-7-6-16-15(9-23)24-12(10-26-16)8-20-22-24/h1-5,8,15-16H,6-7,9-10H2. The van der Waals surface area contributed by atoms with E-state index in [0.29, 0.717) is 25.1 Å². The summed E-state index contributed by atoms with van der Waals surface area (Å²) in [6, 6.07) is 8.07. The average Bonchev–Trinajstić information content (AvgIpc) is 3.16. The SMILES string of the molecule is O=C(c1ccc2cccc(F)c2n1)N1CCC2OCc3cnnn3C2C1. The quantitative estimate of drug-likeness (QED) is 0.669. The Labute approximate surface area is 148 Å². The lowest BCUT2D eigenvalue weighted by Crippen LogP contribution is -2.50. The van der Waals surface area contributed by atoms with Crippen LogP contribution < -0.4 is 0 Å². The Morgan fingerprint density at radius 2 is 2.19 bits per heavy atom. The van der Waals surface area contributed by atoms with Gasteiger partial charge in [0.05, 0.1) is 30.6 Å². The summed E-state index contributed by atoms with van der Waals surface area (Å²) in [6.07, 6.45) is 2.43. The predicted octanol–water partition coefficient (Wildman–Crippen LogP) is 1.95. The molecule has 2 atom stereocenters. The van der Waals surface area contributed by atoms with Crippen molar-refractivity contribution in [2.24, 2.45) is 0 Å². The molecule has 5 rings (SSSR count). The summed E-state index contributed by atoms with van der Waals surface area (Å²) in [4.78, 5) is 18.9. The number of para-hydroxylation sites is 1. The molecule has 2 aliphatic heterocycles. The Kier molecular flexibility index (Phi) is 3.46. The molecule has 0 N–H and O–H groups in total. The molecule has 0 spiro atoms. The van der Waals surface area contributed by atoms with Crippen LogP contribution in [0, 0.1) is 5.82 Å². The average molecular weight is 353 g/mol. The van der Waals surface area contributed by atoms with Crippen LogP contribution in [0.5, 0.6) is 0 Å². The van der Waals surface area contributed by atoms with E-state index in [9.17, 15) is 9.18 Å². The van der Waals surface area contributed by atoms with Crippen molar-refractivity contribution >= 4 is 16.8 Å². The van der Waals surface area contributed by atoms with Gasteiger partial charge in [0.25, 0.3) is 5.91 Å². The molecule has 2 unspecified atom stereocenters. The van der Waals surface area contributed by atoms with Gasteiger partial charge < -0.3 is 9.64 Å². The van der Waals surface area contributed by atoms with Gasteiger partial charge in [0.15, 0.2) is 0 Å². The molecule has 2 aromatic heterocycles. The van der Waals surface area contributed by atoms with Crippen molar-refractivity contribution in [3.8, 4) is 0 Å². The maximum atomic E-state index is 14.0. The first-order valence-corrected chi connectivity index (χ1v) is 8.56. The largest absolute Gasteiger partial charge is 0.370 e. The van der Waals surface area contributed by atoms with Gasteiger partial charge in [-0.05, 0) is 18.6 Å². The number of pyridine rings is 1. The number of benzene rings is 1. The van der Waals surface area contributed by atoms with Crippen LogP contribution in [-0.2, 0) is 11.3 Å². The number of fused-ring (bicyclic) bond motifs is 4. The number of ether oxygens (including phenoxy) is 1. The van der Waals surface area contributed by atoms with Crippen molar-refractivity contribution in [3.63, 3.8) is 0 Å². The van der Waals surface area contributed by atoms with Crippen molar-refractivity contribution in [1.82, 2.24) is 24.9 Å². The van der Waals surface area contributed by atoms with Gasteiger partial charge in [-0.2, -0.15) is 0 Å². The maximum Gasteiger partial charge on any atom is 0.272 e. The fourth-order valence-corrected chi connectivity index (χ4v) is 3.76. The van der Waals surface area contributed by atoms with E-state index >= 15 is 0 Å². The highest BCUT2D eigenvalue weighted by molar-refractivity contribution is 5.95. The van der Waals surface area contributed by atoms with Crippen molar-refractivity contribution in [1.29, 1.82) is 0 Å². The first-order chi connectivity index (χ1) is 12.7. The second kappa shape index (κ2) is 5.84. The van der Waals surface area contributed by atoms with E-state index in [1.807, 2.05) is 4.68 Å². The molecule has 0 aliphatic carbocycles. The van der Waals surface area contributed by atoms with E-state index in [0.717, 1.165) is 12.1 Å². The summed E-state index contributed by atoms with van der Waals surface area (Å²) in [7, 11) is 0. The zero-order valence-corrected chi connectivity index (χ0v) is 13.9. The third-order valence-electron chi connectivity index (χ3n) is 5.11. The van der Waals surface area contributed by atoms with Crippen LogP contribution in [0.1, 0.15) is 28.6 Å². The topological polar surface area (TPSA) is 73.1 Å². The molecule has 4 heterocycles. The normalized spacial score (nSPS) is 22.1. The molecule has 1 fully saturated rings. The lowest BCUT2D eigenvalue weighted by molar-refractivity contribution is -0.0605. The minimum Gasteiger partial charge on any atom is -0.370 e. The first kappa shape index (κ1) is 15.4. The number of amides is 1. The Balaban J connectivity index is 1.44. The van der Waals surface area contributed by atoms with Gasteiger partial charge in [-0.1, -0.05) is 23.4 Å². The van der Waals surface area contributed by atoms with Gasteiger partial charge in [0.1, 0.15) is 17.0 Å². The van der Waals surface area contributed by atoms with Crippen molar-refractivity contribution in [2.75, 3.05) is 13.1 Å². The van der Waals surface area contributed by atoms with Crippen LogP contribution in [0.2, 0.25) is 0 Å². The second-order valence-electron chi connectivity index (χ2n) is 6.63. The van der Waals surface area contributed by atoms with Crippen LogP contribution in [0.4, 0.5) is 4.39 Å². The van der Waals surface area contributed by atoms with Crippen LogP contribution >= 0.6 is 0 Å². The van der Waals surface area contributed by atoms with Gasteiger partial charge in [-0.3, -0.25) is 4.79 Å². The van der Waals surface area contributed by atoms with Crippen LogP contribution in [0.15, 0.2) is 36.5 Å². The van der Waals surface area contributed by atoms with Gasteiger partial charge in [-0.25, -0.2) is 14.1 Å². The molecule has 1 amide bonds. The molecule has 1 aromatic carbocycles. The molecule has 0 radical (unpaired) electrons. The first-order valence-electron chi connectivity index (χ1n) is 8.56. The summed E-state index contributed by atoms with van der Waals surface area (Å²) >= 11 is 0. The highest BCUT2D eigenvalue weighted by Crippen LogP contribution is 2.30. The van der Waals surface area contributed by atoms with E-state index in [1.165, 1.54) is 6.07 Å². The number of hydrogen-bond donors (Lipinski definition) is 0. The molecule has 0 saturated carbocycles. The van der Waals surface area contributed by atoms with Gasteiger partial charge >= 0.3 is 0 Å². The molecular weight excluding hydrogens is 337 g/mol. The molecule has 1 saturated heterocycles. The highest BCUT2D eigenvalue weighted by atomic mass is 19.1. The minimum absolute atomic E-state index is 0.0234. The van der Waals surface area contributed by atoms with E-state index in [2.05, 4.69) is 15.3 Å². The van der Waals surface area contributed by atoms with E-state index in [4.69, 9.17) is 4.74 Å². The molecule has 3 aromatic rings. The fraction of sp³-hybridized carbons (Fsp3) is 0.333. The van der Waals surface area contributed by atoms with Crippen molar-refractivity contribution in [3.05, 3.63) is 53.7 Å². The lowest BCUT2D eigenvalue weighted by atomic mass is 10.00. The number of halogens is 1. The maximum absolute atomic E-state index is 14.0. The molecule has 2 aliphatic rings. The van der Waals surface area contributed by atoms with E-state index in [1.54, 1.807) is 35.4 Å². The highest BCUT2D eigenvalue weighted by Gasteiger charge is 2.38. The number of rotatable bonds is 1. The molecule has 132 valence electrons.